The van der Waals surface area contributed by atoms with Gasteiger partial charge in [-0.2, -0.15) is 0 Å². The number of halogens is 1. The second-order valence-electron chi connectivity index (χ2n) is 10.2. The fourth-order valence-corrected chi connectivity index (χ4v) is 4.66. The van der Waals surface area contributed by atoms with Crippen LogP contribution in [0.1, 0.15) is 73.7 Å². The summed E-state index contributed by atoms with van der Waals surface area (Å²) >= 11 is 0. The van der Waals surface area contributed by atoms with Crippen LogP contribution in [0.3, 0.4) is 0 Å². The third-order valence-electron chi connectivity index (χ3n) is 6.60. The maximum Gasteiger partial charge on any atom is 0.275 e. The topological polar surface area (TPSA) is 75.9 Å². The normalized spacial score (nSPS) is 15.3. The second-order valence-corrected chi connectivity index (χ2v) is 10.2. The molecule has 2 heterocycles. The number of aromatic nitrogens is 1. The molecule has 0 aliphatic carbocycles. The molecule has 4 rings (SSSR count). The van der Waals surface area contributed by atoms with E-state index in [1.54, 1.807) is 11.0 Å². The predicted molar refractivity (Wildman–Crippen MR) is 138 cm³/mol. The maximum absolute atomic E-state index is 14.2. The van der Waals surface area contributed by atoms with Crippen molar-refractivity contribution in [2.45, 2.75) is 53.7 Å². The van der Waals surface area contributed by atoms with Gasteiger partial charge in [-0.05, 0) is 61.2 Å². The van der Waals surface area contributed by atoms with E-state index in [9.17, 15) is 14.0 Å². The molecule has 3 aromatic rings. The number of rotatable bonds is 7. The minimum absolute atomic E-state index is 0.00363. The Kier molecular flexibility index (Phi) is 7.66. The van der Waals surface area contributed by atoms with Crippen LogP contribution in [-0.2, 0) is 17.8 Å². The summed E-state index contributed by atoms with van der Waals surface area (Å²) in [5.41, 5.74) is 2.36. The van der Waals surface area contributed by atoms with Crippen molar-refractivity contribution in [2.24, 2.45) is 5.41 Å². The number of fused-ring (bicyclic) bond motifs is 1. The fraction of sp³-hybridized carbons (Fsp3) is 0.414. The van der Waals surface area contributed by atoms with Gasteiger partial charge < -0.3 is 19.0 Å². The van der Waals surface area contributed by atoms with Gasteiger partial charge in [0.1, 0.15) is 17.8 Å². The molecule has 1 aromatic heterocycles. The lowest BCUT2D eigenvalue weighted by atomic mass is 9.85. The lowest BCUT2D eigenvalue weighted by Gasteiger charge is -2.41. The molecule has 1 aliphatic rings. The minimum Gasteiger partial charge on any atom is -0.484 e. The van der Waals surface area contributed by atoms with Crippen LogP contribution in [0, 0.1) is 11.2 Å². The van der Waals surface area contributed by atoms with Crippen molar-refractivity contribution < 1.29 is 23.1 Å². The molecular weight excluding hydrogens is 473 g/mol. The molecule has 0 radical (unpaired) electrons. The number of carbonyl (C=O) groups is 2. The highest BCUT2D eigenvalue weighted by atomic mass is 19.1. The molecule has 0 spiro atoms. The molecule has 1 atom stereocenters. The number of carbonyl (C=O) groups excluding carboxylic acids is 2. The second kappa shape index (κ2) is 10.7. The zero-order valence-electron chi connectivity index (χ0n) is 22.1. The Balaban J connectivity index is 1.60. The van der Waals surface area contributed by atoms with Crippen LogP contribution in [0.5, 0.6) is 5.75 Å². The Hall–Kier alpha value is -3.68. The van der Waals surface area contributed by atoms with Crippen LogP contribution in [0.4, 0.5) is 4.39 Å². The Morgan fingerprint density at radius 2 is 1.92 bits per heavy atom. The van der Waals surface area contributed by atoms with Crippen molar-refractivity contribution in [3.8, 4) is 5.75 Å². The summed E-state index contributed by atoms with van der Waals surface area (Å²) in [4.78, 5) is 33.7. The number of ether oxygens (including phenoxy) is 1. The van der Waals surface area contributed by atoms with E-state index in [4.69, 9.17) is 9.15 Å². The molecule has 2 aromatic carbocycles. The van der Waals surface area contributed by atoms with Gasteiger partial charge in [-0.1, -0.05) is 39.0 Å². The standard InChI is InChI=1S/C29H34FN3O4/c1-6-32(7-2)27(34)24-17-37-25(31-24)18-36-22-12-11-19-13-14-33(28(35)29(3,4)5)26(23(19)16-22)20-9-8-10-21(30)15-20/h8-12,15-17,26H,6-7,13-14,18H2,1-5H3. The number of benzene rings is 2. The number of amides is 2. The van der Waals surface area contributed by atoms with Crippen LogP contribution in [0.15, 0.2) is 53.1 Å². The van der Waals surface area contributed by atoms with Gasteiger partial charge in [0, 0.05) is 25.0 Å². The molecule has 0 saturated carbocycles. The Labute approximate surface area is 217 Å². The number of hydrogen-bond donors (Lipinski definition) is 0. The largest absolute Gasteiger partial charge is 0.484 e. The molecule has 0 N–H and O–H groups in total. The molecule has 0 saturated heterocycles. The first-order valence-electron chi connectivity index (χ1n) is 12.7. The molecular formula is C29H34FN3O4. The Morgan fingerprint density at radius 1 is 1.16 bits per heavy atom. The van der Waals surface area contributed by atoms with Gasteiger partial charge in [0.05, 0.1) is 6.04 Å². The van der Waals surface area contributed by atoms with Crippen molar-refractivity contribution in [2.75, 3.05) is 19.6 Å². The maximum atomic E-state index is 14.2. The number of hydrogen-bond acceptors (Lipinski definition) is 5. The predicted octanol–water partition coefficient (Wildman–Crippen LogP) is 5.39. The van der Waals surface area contributed by atoms with Crippen LogP contribution in [0.2, 0.25) is 0 Å². The van der Waals surface area contributed by atoms with E-state index in [0.717, 1.165) is 11.1 Å². The summed E-state index contributed by atoms with van der Waals surface area (Å²) in [5.74, 6) is 0.331. The highest BCUT2D eigenvalue weighted by Crippen LogP contribution is 2.39. The molecule has 7 nitrogen and oxygen atoms in total. The van der Waals surface area contributed by atoms with Gasteiger partial charge in [-0.3, -0.25) is 9.59 Å². The average Bonchev–Trinajstić information content (AvgIpc) is 3.35. The van der Waals surface area contributed by atoms with E-state index in [1.807, 2.05) is 63.8 Å². The van der Waals surface area contributed by atoms with Gasteiger partial charge in [0.25, 0.3) is 5.91 Å². The Morgan fingerprint density at radius 3 is 2.59 bits per heavy atom. The number of oxazole rings is 1. The zero-order chi connectivity index (χ0) is 26.7. The summed E-state index contributed by atoms with van der Waals surface area (Å²) in [6.45, 7) is 11.3. The van der Waals surface area contributed by atoms with Crippen molar-refractivity contribution in [3.05, 3.63) is 82.8 Å². The van der Waals surface area contributed by atoms with Crippen molar-refractivity contribution in [3.63, 3.8) is 0 Å². The smallest absolute Gasteiger partial charge is 0.275 e. The quantitative estimate of drug-likeness (QED) is 0.428. The third-order valence-corrected chi connectivity index (χ3v) is 6.60. The third kappa shape index (κ3) is 5.68. The molecule has 196 valence electrons. The molecule has 0 fully saturated rings. The summed E-state index contributed by atoms with van der Waals surface area (Å²) in [5, 5.41) is 0. The minimum atomic E-state index is -0.581. The zero-order valence-corrected chi connectivity index (χ0v) is 22.1. The van der Waals surface area contributed by atoms with Crippen molar-refractivity contribution in [1.29, 1.82) is 0 Å². The summed E-state index contributed by atoms with van der Waals surface area (Å²) in [6, 6.07) is 11.7. The summed E-state index contributed by atoms with van der Waals surface area (Å²) in [7, 11) is 0. The van der Waals surface area contributed by atoms with E-state index >= 15 is 0 Å². The lowest BCUT2D eigenvalue weighted by Crippen LogP contribution is -2.45. The molecule has 2 amide bonds. The van der Waals surface area contributed by atoms with Crippen molar-refractivity contribution >= 4 is 11.8 Å². The van der Waals surface area contributed by atoms with Gasteiger partial charge in [0.15, 0.2) is 12.3 Å². The van der Waals surface area contributed by atoms with Crippen LogP contribution in [-0.4, -0.2) is 46.2 Å². The first-order chi connectivity index (χ1) is 17.6. The lowest BCUT2D eigenvalue weighted by molar-refractivity contribution is -0.141. The molecule has 0 bridgehead atoms. The average molecular weight is 508 g/mol. The highest BCUT2D eigenvalue weighted by Gasteiger charge is 2.37. The van der Waals surface area contributed by atoms with Gasteiger partial charge >= 0.3 is 0 Å². The molecule has 1 aliphatic heterocycles. The van der Waals surface area contributed by atoms with E-state index in [-0.39, 0.29) is 29.9 Å². The van der Waals surface area contributed by atoms with Crippen LogP contribution in [0.25, 0.3) is 0 Å². The first kappa shape index (κ1) is 26.4. The van der Waals surface area contributed by atoms with Gasteiger partial charge in [0.2, 0.25) is 11.8 Å². The number of nitrogens with zero attached hydrogens (tertiary/aromatic N) is 3. The Bertz CT molecular complexity index is 1280. The highest BCUT2D eigenvalue weighted by molar-refractivity contribution is 5.91. The summed E-state index contributed by atoms with van der Waals surface area (Å²) in [6.07, 6.45) is 2.04. The van der Waals surface area contributed by atoms with E-state index < -0.39 is 11.5 Å². The van der Waals surface area contributed by atoms with E-state index in [2.05, 4.69) is 4.98 Å². The molecule has 8 heteroatoms. The SMILES string of the molecule is CCN(CC)C(=O)c1coc(COc2ccc3c(c2)C(c2cccc(F)c2)N(C(=O)C(C)(C)C)CC3)n1. The first-order valence-corrected chi connectivity index (χ1v) is 12.7. The van der Waals surface area contributed by atoms with Crippen LogP contribution < -0.4 is 4.74 Å². The van der Waals surface area contributed by atoms with E-state index in [1.165, 1.54) is 18.4 Å². The molecule has 1 unspecified atom stereocenters. The van der Waals surface area contributed by atoms with Crippen LogP contribution >= 0.6 is 0 Å². The van der Waals surface area contributed by atoms with Gasteiger partial charge in [-0.15, -0.1) is 0 Å². The van der Waals surface area contributed by atoms with Gasteiger partial charge in [-0.25, -0.2) is 9.37 Å². The molecule has 37 heavy (non-hydrogen) atoms. The monoisotopic (exact) mass is 507 g/mol. The van der Waals surface area contributed by atoms with E-state index in [0.29, 0.717) is 43.3 Å². The summed E-state index contributed by atoms with van der Waals surface area (Å²) < 4.78 is 25.7. The fourth-order valence-electron chi connectivity index (χ4n) is 4.66. The van der Waals surface area contributed by atoms with Crippen molar-refractivity contribution in [1.82, 2.24) is 14.8 Å².